The fourth-order valence-electron chi connectivity index (χ4n) is 2.87. The van der Waals surface area contributed by atoms with Gasteiger partial charge in [-0.1, -0.05) is 41.9 Å². The Balaban J connectivity index is 1.82. The van der Waals surface area contributed by atoms with Crippen molar-refractivity contribution in [2.75, 3.05) is 13.1 Å². The van der Waals surface area contributed by atoms with Gasteiger partial charge in [0.2, 0.25) is 0 Å². The summed E-state index contributed by atoms with van der Waals surface area (Å²) in [7, 11) is 1.83. The Labute approximate surface area is 135 Å². The van der Waals surface area contributed by atoms with Crippen molar-refractivity contribution in [2.45, 2.75) is 19.1 Å². The molecule has 1 saturated heterocycles. The summed E-state index contributed by atoms with van der Waals surface area (Å²) in [5.74, 6) is -0.00881. The van der Waals surface area contributed by atoms with Crippen LogP contribution in [0.15, 0.2) is 42.6 Å². The zero-order valence-electron chi connectivity index (χ0n) is 12.7. The minimum Gasteiger partial charge on any atom is -0.367 e. The van der Waals surface area contributed by atoms with E-state index in [0.29, 0.717) is 23.8 Å². The van der Waals surface area contributed by atoms with Crippen molar-refractivity contribution in [1.29, 1.82) is 0 Å². The quantitative estimate of drug-likeness (QED) is 0.851. The van der Waals surface area contributed by atoms with Gasteiger partial charge in [-0.15, -0.1) is 0 Å². The first-order valence-electron chi connectivity index (χ1n) is 7.36. The van der Waals surface area contributed by atoms with Crippen molar-refractivity contribution in [1.82, 2.24) is 9.47 Å². The number of morpholine rings is 1. The number of nitrogens with zero attached hydrogens (tertiary/aromatic N) is 2. The van der Waals surface area contributed by atoms with E-state index in [1.807, 2.05) is 49.2 Å². The smallest absolute Gasteiger partial charge is 0.270 e. The van der Waals surface area contributed by atoms with E-state index in [0.717, 1.165) is 5.56 Å². The maximum absolute atomic E-state index is 12.7. The molecule has 0 aliphatic carbocycles. The van der Waals surface area contributed by atoms with Crippen molar-refractivity contribution < 1.29 is 9.53 Å². The van der Waals surface area contributed by atoms with Gasteiger partial charge in [0.1, 0.15) is 11.8 Å². The number of benzene rings is 1. The third-order valence-electron chi connectivity index (χ3n) is 3.91. The van der Waals surface area contributed by atoms with Crippen LogP contribution in [0.1, 0.15) is 29.1 Å². The summed E-state index contributed by atoms with van der Waals surface area (Å²) in [5.41, 5.74) is 1.70. The molecule has 0 bridgehead atoms. The van der Waals surface area contributed by atoms with Crippen LogP contribution in [-0.4, -0.2) is 34.6 Å². The number of carbonyl (C=O) groups excluding carboxylic acids is 1. The molecule has 1 aromatic heterocycles. The lowest BCUT2D eigenvalue weighted by atomic mass is 10.1. The minimum atomic E-state index is -0.0929. The van der Waals surface area contributed by atoms with E-state index >= 15 is 0 Å². The number of aromatic nitrogens is 1. The van der Waals surface area contributed by atoms with E-state index in [4.69, 9.17) is 16.3 Å². The Morgan fingerprint density at radius 2 is 2.00 bits per heavy atom. The number of halogens is 1. The Morgan fingerprint density at radius 1 is 1.27 bits per heavy atom. The van der Waals surface area contributed by atoms with Crippen molar-refractivity contribution in [2.24, 2.45) is 7.05 Å². The number of aryl methyl sites for hydroxylation is 1. The van der Waals surface area contributed by atoms with Crippen LogP contribution < -0.4 is 0 Å². The Morgan fingerprint density at radius 3 is 2.64 bits per heavy atom. The molecule has 0 N–H and O–H groups in total. The number of hydrogen-bond acceptors (Lipinski definition) is 2. The van der Waals surface area contributed by atoms with Gasteiger partial charge in [0, 0.05) is 19.8 Å². The fraction of sp³-hybridized carbons (Fsp3) is 0.353. The standard InChI is InChI=1S/C17H19ClN2O2/c1-12-9-20(17(21)15-8-14(18)10-19(15)2)11-16(22-12)13-6-4-3-5-7-13/h3-8,10,12,16H,9,11H2,1-2H3/t12-,16+/m1/s1. The Kier molecular flexibility index (Phi) is 4.23. The fourth-order valence-corrected chi connectivity index (χ4v) is 3.12. The predicted octanol–water partition coefficient (Wildman–Crippen LogP) is 3.28. The van der Waals surface area contributed by atoms with Crippen molar-refractivity contribution in [3.63, 3.8) is 0 Å². The van der Waals surface area contributed by atoms with Crippen LogP contribution in [0.2, 0.25) is 5.02 Å². The van der Waals surface area contributed by atoms with E-state index in [9.17, 15) is 4.79 Å². The van der Waals surface area contributed by atoms with Crippen LogP contribution in [0.3, 0.4) is 0 Å². The highest BCUT2D eigenvalue weighted by molar-refractivity contribution is 6.31. The van der Waals surface area contributed by atoms with Crippen LogP contribution in [0.25, 0.3) is 0 Å². The van der Waals surface area contributed by atoms with E-state index < -0.39 is 0 Å². The molecular formula is C17H19ClN2O2. The SMILES string of the molecule is C[C@@H]1CN(C(=O)c2cc(Cl)cn2C)C[C@@H](c2ccccc2)O1. The summed E-state index contributed by atoms with van der Waals surface area (Å²) in [6, 6.07) is 11.7. The molecule has 1 aromatic carbocycles. The van der Waals surface area contributed by atoms with Gasteiger partial charge in [-0.25, -0.2) is 0 Å². The maximum atomic E-state index is 12.7. The summed E-state index contributed by atoms with van der Waals surface area (Å²) in [5, 5.41) is 0.576. The van der Waals surface area contributed by atoms with E-state index in [2.05, 4.69) is 0 Å². The van der Waals surface area contributed by atoms with Crippen molar-refractivity contribution in [3.05, 3.63) is 58.9 Å². The summed E-state index contributed by atoms with van der Waals surface area (Å²) in [4.78, 5) is 14.6. The molecule has 0 unspecified atom stereocenters. The second kappa shape index (κ2) is 6.15. The second-order valence-corrected chi connectivity index (χ2v) is 6.15. The first-order chi connectivity index (χ1) is 10.5. The zero-order chi connectivity index (χ0) is 15.7. The van der Waals surface area contributed by atoms with Gasteiger partial charge >= 0.3 is 0 Å². The number of hydrogen-bond donors (Lipinski definition) is 0. The largest absolute Gasteiger partial charge is 0.367 e. The molecule has 1 aliphatic rings. The molecule has 3 rings (SSSR count). The molecule has 1 aliphatic heterocycles. The average Bonchev–Trinajstić information content (AvgIpc) is 2.85. The molecule has 116 valence electrons. The molecule has 4 nitrogen and oxygen atoms in total. The molecule has 5 heteroatoms. The summed E-state index contributed by atoms with van der Waals surface area (Å²) in [6.45, 7) is 3.13. The van der Waals surface area contributed by atoms with Crippen molar-refractivity contribution in [3.8, 4) is 0 Å². The highest BCUT2D eigenvalue weighted by Crippen LogP contribution is 2.26. The summed E-state index contributed by atoms with van der Waals surface area (Å²) < 4.78 is 7.76. The zero-order valence-corrected chi connectivity index (χ0v) is 13.5. The monoisotopic (exact) mass is 318 g/mol. The molecule has 1 amide bonds. The van der Waals surface area contributed by atoms with Crippen LogP contribution in [0.4, 0.5) is 0 Å². The van der Waals surface area contributed by atoms with Gasteiger partial charge in [0.15, 0.2) is 0 Å². The van der Waals surface area contributed by atoms with Gasteiger partial charge < -0.3 is 14.2 Å². The normalized spacial score (nSPS) is 21.9. The number of rotatable bonds is 2. The molecule has 2 aromatic rings. The minimum absolute atomic E-state index is 0.00125. The van der Waals surface area contributed by atoms with Crippen LogP contribution in [0, 0.1) is 0 Å². The average molecular weight is 319 g/mol. The first-order valence-corrected chi connectivity index (χ1v) is 7.74. The van der Waals surface area contributed by atoms with Gasteiger partial charge in [-0.05, 0) is 18.6 Å². The maximum Gasteiger partial charge on any atom is 0.270 e. The molecule has 0 radical (unpaired) electrons. The van der Waals surface area contributed by atoms with Crippen LogP contribution in [-0.2, 0) is 11.8 Å². The molecule has 2 atom stereocenters. The number of amides is 1. The molecule has 1 fully saturated rings. The highest BCUT2D eigenvalue weighted by Gasteiger charge is 2.30. The Hall–Kier alpha value is -1.78. The lowest BCUT2D eigenvalue weighted by Crippen LogP contribution is -2.46. The molecule has 0 spiro atoms. The predicted molar refractivity (Wildman–Crippen MR) is 86.1 cm³/mol. The second-order valence-electron chi connectivity index (χ2n) is 5.71. The van der Waals surface area contributed by atoms with E-state index in [1.165, 1.54) is 0 Å². The van der Waals surface area contributed by atoms with Gasteiger partial charge in [0.05, 0.1) is 17.7 Å². The Bertz CT molecular complexity index is 669. The van der Waals surface area contributed by atoms with E-state index in [1.54, 1.807) is 16.8 Å². The molecular weight excluding hydrogens is 300 g/mol. The third-order valence-corrected chi connectivity index (χ3v) is 4.12. The number of carbonyl (C=O) groups is 1. The van der Waals surface area contributed by atoms with Gasteiger partial charge in [-0.2, -0.15) is 0 Å². The van der Waals surface area contributed by atoms with Crippen LogP contribution in [0.5, 0.6) is 0 Å². The topological polar surface area (TPSA) is 34.5 Å². The van der Waals surface area contributed by atoms with Crippen molar-refractivity contribution >= 4 is 17.5 Å². The first kappa shape index (κ1) is 15.1. The number of ether oxygens (including phenoxy) is 1. The molecule has 2 heterocycles. The van der Waals surface area contributed by atoms with Crippen LogP contribution >= 0.6 is 11.6 Å². The summed E-state index contributed by atoms with van der Waals surface area (Å²) >= 11 is 5.99. The molecule has 0 saturated carbocycles. The molecule has 22 heavy (non-hydrogen) atoms. The van der Waals surface area contributed by atoms with E-state index in [-0.39, 0.29) is 18.1 Å². The lowest BCUT2D eigenvalue weighted by molar-refractivity contribution is -0.0693. The third kappa shape index (κ3) is 3.03. The lowest BCUT2D eigenvalue weighted by Gasteiger charge is -2.37. The summed E-state index contributed by atoms with van der Waals surface area (Å²) in [6.07, 6.45) is 1.65. The highest BCUT2D eigenvalue weighted by atomic mass is 35.5. The van der Waals surface area contributed by atoms with Gasteiger partial charge in [0.25, 0.3) is 5.91 Å². The van der Waals surface area contributed by atoms with Gasteiger partial charge in [-0.3, -0.25) is 4.79 Å².